The first-order valence-electron chi connectivity index (χ1n) is 7.07. The molecule has 21 heavy (non-hydrogen) atoms. The number of nitrogens with one attached hydrogen (secondary N) is 1. The van der Waals surface area contributed by atoms with E-state index in [4.69, 9.17) is 9.47 Å². The van der Waals surface area contributed by atoms with E-state index in [9.17, 15) is 0 Å². The number of fused-ring (bicyclic) bond motifs is 1. The highest BCUT2D eigenvalue weighted by Crippen LogP contribution is 2.25. The van der Waals surface area contributed by atoms with Crippen molar-refractivity contribution in [3.63, 3.8) is 0 Å². The van der Waals surface area contributed by atoms with Crippen LogP contribution in [0.1, 0.15) is 13.3 Å². The third-order valence-corrected chi connectivity index (χ3v) is 3.29. The summed E-state index contributed by atoms with van der Waals surface area (Å²) in [5.74, 6) is 2.56. The van der Waals surface area contributed by atoms with E-state index in [1.807, 2.05) is 42.5 Å². The van der Waals surface area contributed by atoms with Crippen molar-refractivity contribution in [1.82, 2.24) is 9.97 Å². The van der Waals surface area contributed by atoms with Crippen molar-refractivity contribution >= 4 is 11.0 Å². The van der Waals surface area contributed by atoms with E-state index in [0.29, 0.717) is 0 Å². The van der Waals surface area contributed by atoms with Gasteiger partial charge in [0.25, 0.3) is 0 Å². The maximum atomic E-state index is 5.59. The number of aromatic amines is 1. The highest BCUT2D eigenvalue weighted by Gasteiger charge is 2.06. The standard InChI is InChI=1S/C17H18N2O2/c1-3-10-21-13-6-4-12(5-7-13)17-18-15-9-8-14(20-2)11-16(15)19-17/h4-9,11H,3,10H2,1-2H3,(H,18,19). The van der Waals surface area contributed by atoms with E-state index in [0.717, 1.165) is 46.9 Å². The Hall–Kier alpha value is -2.49. The van der Waals surface area contributed by atoms with Crippen molar-refractivity contribution in [3.8, 4) is 22.9 Å². The van der Waals surface area contributed by atoms with Gasteiger partial charge < -0.3 is 14.5 Å². The van der Waals surface area contributed by atoms with Crippen LogP contribution in [0.2, 0.25) is 0 Å². The Morgan fingerprint density at radius 2 is 1.81 bits per heavy atom. The van der Waals surface area contributed by atoms with Gasteiger partial charge >= 0.3 is 0 Å². The lowest BCUT2D eigenvalue weighted by Crippen LogP contribution is -1.94. The number of nitrogens with zero attached hydrogens (tertiary/aromatic N) is 1. The number of aromatic nitrogens is 2. The van der Waals surface area contributed by atoms with Crippen LogP contribution in [-0.2, 0) is 0 Å². The summed E-state index contributed by atoms with van der Waals surface area (Å²) >= 11 is 0. The van der Waals surface area contributed by atoms with E-state index in [1.54, 1.807) is 7.11 Å². The quantitative estimate of drug-likeness (QED) is 0.768. The molecule has 0 amide bonds. The first kappa shape index (κ1) is 13.5. The van der Waals surface area contributed by atoms with Crippen molar-refractivity contribution < 1.29 is 9.47 Å². The molecule has 0 spiro atoms. The number of benzene rings is 2. The molecule has 3 rings (SSSR count). The predicted molar refractivity (Wildman–Crippen MR) is 83.9 cm³/mol. The molecule has 0 fully saturated rings. The lowest BCUT2D eigenvalue weighted by molar-refractivity contribution is 0.317. The van der Waals surface area contributed by atoms with E-state index in [1.165, 1.54) is 0 Å². The first-order valence-corrected chi connectivity index (χ1v) is 7.07. The summed E-state index contributed by atoms with van der Waals surface area (Å²) < 4.78 is 10.8. The van der Waals surface area contributed by atoms with Gasteiger partial charge in [-0.3, -0.25) is 0 Å². The summed E-state index contributed by atoms with van der Waals surface area (Å²) in [4.78, 5) is 7.92. The van der Waals surface area contributed by atoms with Crippen LogP contribution in [0, 0.1) is 0 Å². The Balaban J connectivity index is 1.89. The Labute approximate surface area is 123 Å². The maximum absolute atomic E-state index is 5.59. The molecule has 4 nitrogen and oxygen atoms in total. The van der Waals surface area contributed by atoms with E-state index in [2.05, 4.69) is 16.9 Å². The Morgan fingerprint density at radius 3 is 2.52 bits per heavy atom. The molecule has 0 aliphatic carbocycles. The van der Waals surface area contributed by atoms with Gasteiger partial charge in [0, 0.05) is 11.6 Å². The van der Waals surface area contributed by atoms with Gasteiger partial charge in [-0.15, -0.1) is 0 Å². The predicted octanol–water partition coefficient (Wildman–Crippen LogP) is 4.03. The Bertz CT molecular complexity index is 732. The molecule has 0 radical (unpaired) electrons. The Morgan fingerprint density at radius 1 is 1.05 bits per heavy atom. The first-order chi connectivity index (χ1) is 10.3. The SMILES string of the molecule is CCCOc1ccc(-c2nc3ccc(OC)cc3[nH]2)cc1. The van der Waals surface area contributed by atoms with Gasteiger partial charge in [-0.05, 0) is 42.8 Å². The minimum atomic E-state index is 0.740. The molecule has 2 aromatic carbocycles. The van der Waals surface area contributed by atoms with E-state index < -0.39 is 0 Å². The molecule has 4 heteroatoms. The summed E-state index contributed by atoms with van der Waals surface area (Å²) in [6.07, 6.45) is 1.01. The highest BCUT2D eigenvalue weighted by atomic mass is 16.5. The fourth-order valence-corrected chi connectivity index (χ4v) is 2.18. The third-order valence-electron chi connectivity index (χ3n) is 3.29. The summed E-state index contributed by atoms with van der Waals surface area (Å²) in [6, 6.07) is 13.8. The van der Waals surface area contributed by atoms with Gasteiger partial charge in [0.2, 0.25) is 0 Å². The molecule has 1 aromatic heterocycles. The molecule has 0 atom stereocenters. The normalized spacial score (nSPS) is 10.8. The average Bonchev–Trinajstić information content (AvgIpc) is 2.96. The number of imidazole rings is 1. The monoisotopic (exact) mass is 282 g/mol. The third kappa shape index (κ3) is 2.84. The molecule has 0 bridgehead atoms. The largest absolute Gasteiger partial charge is 0.497 e. The van der Waals surface area contributed by atoms with Gasteiger partial charge in [-0.2, -0.15) is 0 Å². The van der Waals surface area contributed by atoms with Gasteiger partial charge in [0.1, 0.15) is 17.3 Å². The number of ether oxygens (including phenoxy) is 2. The van der Waals surface area contributed by atoms with Crippen LogP contribution in [0.3, 0.4) is 0 Å². The van der Waals surface area contributed by atoms with Gasteiger partial charge in [-0.25, -0.2) is 4.98 Å². The fourth-order valence-electron chi connectivity index (χ4n) is 2.18. The summed E-state index contributed by atoms with van der Waals surface area (Å²) in [6.45, 7) is 2.83. The second kappa shape index (κ2) is 5.87. The number of rotatable bonds is 5. The number of hydrogen-bond acceptors (Lipinski definition) is 3. The Kier molecular flexibility index (Phi) is 3.77. The molecule has 0 unspecified atom stereocenters. The van der Waals surface area contributed by atoms with Gasteiger partial charge in [-0.1, -0.05) is 6.92 Å². The lowest BCUT2D eigenvalue weighted by Gasteiger charge is -2.04. The zero-order chi connectivity index (χ0) is 14.7. The minimum Gasteiger partial charge on any atom is -0.497 e. The van der Waals surface area contributed by atoms with Crippen LogP contribution in [0.5, 0.6) is 11.5 Å². The highest BCUT2D eigenvalue weighted by molar-refractivity contribution is 5.80. The van der Waals surface area contributed by atoms with Crippen LogP contribution in [0.25, 0.3) is 22.4 Å². The van der Waals surface area contributed by atoms with E-state index >= 15 is 0 Å². The molecular weight excluding hydrogens is 264 g/mol. The molecule has 3 aromatic rings. The summed E-state index contributed by atoms with van der Waals surface area (Å²) in [5, 5.41) is 0. The minimum absolute atomic E-state index is 0.740. The maximum Gasteiger partial charge on any atom is 0.138 e. The second-order valence-corrected chi connectivity index (χ2v) is 4.84. The molecule has 0 aliphatic rings. The van der Waals surface area contributed by atoms with Gasteiger partial charge in [0.05, 0.1) is 24.8 Å². The fraction of sp³-hybridized carbons (Fsp3) is 0.235. The smallest absolute Gasteiger partial charge is 0.138 e. The summed E-state index contributed by atoms with van der Waals surface area (Å²) in [7, 11) is 1.66. The molecular formula is C17H18N2O2. The van der Waals surface area contributed by atoms with Crippen LogP contribution in [0.15, 0.2) is 42.5 Å². The lowest BCUT2D eigenvalue weighted by atomic mass is 10.2. The van der Waals surface area contributed by atoms with Crippen molar-refractivity contribution in [1.29, 1.82) is 0 Å². The van der Waals surface area contributed by atoms with Crippen molar-refractivity contribution in [3.05, 3.63) is 42.5 Å². The van der Waals surface area contributed by atoms with Crippen LogP contribution >= 0.6 is 0 Å². The van der Waals surface area contributed by atoms with Crippen molar-refractivity contribution in [2.75, 3.05) is 13.7 Å². The molecule has 0 aliphatic heterocycles. The molecule has 0 saturated heterocycles. The number of methoxy groups -OCH3 is 1. The van der Waals surface area contributed by atoms with Crippen molar-refractivity contribution in [2.24, 2.45) is 0 Å². The molecule has 0 saturated carbocycles. The zero-order valence-corrected chi connectivity index (χ0v) is 12.2. The van der Waals surface area contributed by atoms with Crippen LogP contribution in [-0.4, -0.2) is 23.7 Å². The number of hydrogen-bond donors (Lipinski definition) is 1. The number of H-pyrrole nitrogens is 1. The average molecular weight is 282 g/mol. The molecule has 108 valence electrons. The van der Waals surface area contributed by atoms with Crippen molar-refractivity contribution in [2.45, 2.75) is 13.3 Å². The molecule has 1 N–H and O–H groups in total. The van der Waals surface area contributed by atoms with Gasteiger partial charge in [0.15, 0.2) is 0 Å². The van der Waals surface area contributed by atoms with Crippen LogP contribution < -0.4 is 9.47 Å². The summed E-state index contributed by atoms with van der Waals surface area (Å²) in [5.41, 5.74) is 2.93. The second-order valence-electron chi connectivity index (χ2n) is 4.84. The molecule has 1 heterocycles. The van der Waals surface area contributed by atoms with Crippen LogP contribution in [0.4, 0.5) is 0 Å². The van der Waals surface area contributed by atoms with E-state index in [-0.39, 0.29) is 0 Å². The topological polar surface area (TPSA) is 47.1 Å². The zero-order valence-electron chi connectivity index (χ0n) is 12.2.